The van der Waals surface area contributed by atoms with Gasteiger partial charge in [0.15, 0.2) is 0 Å². The molecule has 0 rings (SSSR count). The van der Waals surface area contributed by atoms with Gasteiger partial charge < -0.3 is 16.2 Å². The zero-order valence-corrected chi connectivity index (χ0v) is 21.9. The summed E-state index contributed by atoms with van der Waals surface area (Å²) < 4.78 is 0. The van der Waals surface area contributed by atoms with Gasteiger partial charge in [0, 0.05) is 19.0 Å². The van der Waals surface area contributed by atoms with E-state index in [0.29, 0.717) is 6.42 Å². The zero-order chi connectivity index (χ0) is 23.7. The monoisotopic (exact) mass is 454 g/mol. The van der Waals surface area contributed by atoms with E-state index in [1.54, 1.807) is 0 Å². The minimum absolute atomic E-state index is 0.0640. The number of hydrogen-bond donors (Lipinski definition) is 3. The number of nitrogens with one attached hydrogen (secondary N) is 1. The molecule has 0 aliphatic heterocycles. The van der Waals surface area contributed by atoms with Crippen LogP contribution >= 0.6 is 0 Å². The molecule has 4 heteroatoms. The van der Waals surface area contributed by atoms with Crippen LogP contribution in [0.5, 0.6) is 0 Å². The Kier molecular flexibility index (Phi) is 24.5. The molecule has 1 amide bonds. The van der Waals surface area contributed by atoms with Gasteiger partial charge in [0.05, 0.1) is 6.10 Å². The molecule has 0 aliphatic rings. The maximum atomic E-state index is 11.9. The van der Waals surface area contributed by atoms with E-state index >= 15 is 0 Å². The molecule has 4 nitrogen and oxygen atoms in total. The molecule has 0 radical (unpaired) electrons. The third-order valence-corrected chi connectivity index (χ3v) is 6.64. The average molecular weight is 455 g/mol. The SMILES string of the molecule is CCCCCCCCCCNC(=O)CCCCCCCC(O)C(N)CCCCCCCC. The minimum Gasteiger partial charge on any atom is -0.392 e. The normalized spacial score (nSPS) is 13.2. The molecule has 0 aromatic heterocycles. The van der Waals surface area contributed by atoms with Crippen LogP contribution in [0.2, 0.25) is 0 Å². The van der Waals surface area contributed by atoms with Crippen molar-refractivity contribution in [3.8, 4) is 0 Å². The summed E-state index contributed by atoms with van der Waals surface area (Å²) in [5, 5.41) is 13.3. The molecule has 0 aliphatic carbocycles. The summed E-state index contributed by atoms with van der Waals surface area (Å²) >= 11 is 0. The highest BCUT2D eigenvalue weighted by Gasteiger charge is 2.13. The van der Waals surface area contributed by atoms with Crippen molar-refractivity contribution in [2.45, 2.75) is 167 Å². The molecule has 4 N–H and O–H groups in total. The maximum absolute atomic E-state index is 11.9. The second kappa shape index (κ2) is 25.0. The fraction of sp³-hybridized carbons (Fsp3) is 0.964. The van der Waals surface area contributed by atoms with Crippen LogP contribution in [0, 0.1) is 0 Å². The molecule has 2 unspecified atom stereocenters. The van der Waals surface area contributed by atoms with Gasteiger partial charge in [-0.1, -0.05) is 123 Å². The predicted molar refractivity (Wildman–Crippen MR) is 140 cm³/mol. The number of unbranched alkanes of at least 4 members (excludes halogenated alkanes) is 16. The van der Waals surface area contributed by atoms with Crippen LogP contribution in [0.3, 0.4) is 0 Å². The quantitative estimate of drug-likeness (QED) is 0.126. The van der Waals surface area contributed by atoms with E-state index in [1.165, 1.54) is 77.0 Å². The highest BCUT2D eigenvalue weighted by molar-refractivity contribution is 5.75. The summed E-state index contributed by atoms with van der Waals surface area (Å²) in [6, 6.07) is -0.0640. The van der Waals surface area contributed by atoms with E-state index < -0.39 is 0 Å². The summed E-state index contributed by atoms with van der Waals surface area (Å²) in [6.45, 7) is 5.33. The summed E-state index contributed by atoms with van der Waals surface area (Å²) in [5.41, 5.74) is 6.15. The average Bonchev–Trinajstić information content (AvgIpc) is 2.79. The van der Waals surface area contributed by atoms with Gasteiger partial charge in [0.25, 0.3) is 0 Å². The second-order valence-electron chi connectivity index (χ2n) is 9.92. The standard InChI is InChI=1S/C28H58N2O2/c1-3-5-7-9-11-12-17-21-25-30-28(32)24-20-16-13-15-19-23-27(31)26(29)22-18-14-10-8-6-4-2/h26-27,31H,3-25,29H2,1-2H3,(H,30,32). The van der Waals surface area contributed by atoms with Crippen molar-refractivity contribution in [3.05, 3.63) is 0 Å². The molecule has 0 bridgehead atoms. The Morgan fingerprint density at radius 3 is 1.66 bits per heavy atom. The lowest BCUT2D eigenvalue weighted by molar-refractivity contribution is -0.121. The van der Waals surface area contributed by atoms with Crippen molar-refractivity contribution in [3.63, 3.8) is 0 Å². The second-order valence-corrected chi connectivity index (χ2v) is 9.92. The van der Waals surface area contributed by atoms with E-state index in [2.05, 4.69) is 19.2 Å². The van der Waals surface area contributed by atoms with Crippen molar-refractivity contribution in [2.75, 3.05) is 6.54 Å². The molecule has 0 aromatic rings. The fourth-order valence-corrected chi connectivity index (χ4v) is 4.31. The van der Waals surface area contributed by atoms with Crippen molar-refractivity contribution < 1.29 is 9.90 Å². The molecule has 0 aromatic carbocycles. The third kappa shape index (κ3) is 22.6. The van der Waals surface area contributed by atoms with Gasteiger partial charge in [-0.05, 0) is 25.7 Å². The molecular formula is C28H58N2O2. The smallest absolute Gasteiger partial charge is 0.219 e. The first-order valence-corrected chi connectivity index (χ1v) is 14.3. The van der Waals surface area contributed by atoms with E-state index in [9.17, 15) is 9.90 Å². The van der Waals surface area contributed by atoms with Crippen LogP contribution in [-0.4, -0.2) is 29.7 Å². The first-order chi connectivity index (χ1) is 15.6. The Morgan fingerprint density at radius 1 is 0.656 bits per heavy atom. The molecular weight excluding hydrogens is 396 g/mol. The molecule has 0 saturated carbocycles. The van der Waals surface area contributed by atoms with Crippen LogP contribution in [0.4, 0.5) is 0 Å². The number of aliphatic hydroxyl groups excluding tert-OH is 1. The van der Waals surface area contributed by atoms with Crippen LogP contribution in [0.1, 0.15) is 155 Å². The van der Waals surface area contributed by atoms with E-state index in [-0.39, 0.29) is 18.1 Å². The minimum atomic E-state index is -0.354. The fourth-order valence-electron chi connectivity index (χ4n) is 4.31. The Labute approximate surface area is 200 Å². The first kappa shape index (κ1) is 31.4. The first-order valence-electron chi connectivity index (χ1n) is 14.3. The molecule has 192 valence electrons. The van der Waals surface area contributed by atoms with Crippen LogP contribution in [0.25, 0.3) is 0 Å². The lowest BCUT2D eigenvalue weighted by Crippen LogP contribution is -2.34. The molecule has 2 atom stereocenters. The third-order valence-electron chi connectivity index (χ3n) is 6.64. The molecule has 32 heavy (non-hydrogen) atoms. The maximum Gasteiger partial charge on any atom is 0.219 e. The number of carbonyl (C=O) groups is 1. The Morgan fingerprint density at radius 2 is 1.09 bits per heavy atom. The lowest BCUT2D eigenvalue weighted by Gasteiger charge is -2.18. The largest absolute Gasteiger partial charge is 0.392 e. The summed E-state index contributed by atoms with van der Waals surface area (Å²) in [4.78, 5) is 11.9. The zero-order valence-electron chi connectivity index (χ0n) is 21.9. The number of nitrogens with two attached hydrogens (primary N) is 1. The number of hydrogen-bond acceptors (Lipinski definition) is 3. The van der Waals surface area contributed by atoms with Gasteiger partial charge in [0.1, 0.15) is 0 Å². The van der Waals surface area contributed by atoms with Crippen LogP contribution in [0.15, 0.2) is 0 Å². The van der Waals surface area contributed by atoms with Crippen molar-refractivity contribution >= 4 is 5.91 Å². The number of aliphatic hydroxyl groups is 1. The summed E-state index contributed by atoms with van der Waals surface area (Å²) in [6.07, 6.45) is 25.5. The Hall–Kier alpha value is -0.610. The van der Waals surface area contributed by atoms with Gasteiger partial charge in [-0.2, -0.15) is 0 Å². The van der Waals surface area contributed by atoms with Crippen molar-refractivity contribution in [2.24, 2.45) is 5.73 Å². The summed E-state index contributed by atoms with van der Waals surface area (Å²) in [5.74, 6) is 0.212. The van der Waals surface area contributed by atoms with Gasteiger partial charge in [-0.15, -0.1) is 0 Å². The van der Waals surface area contributed by atoms with E-state index in [1.807, 2.05) is 0 Å². The lowest BCUT2D eigenvalue weighted by atomic mass is 9.98. The van der Waals surface area contributed by atoms with Crippen molar-refractivity contribution in [1.82, 2.24) is 5.32 Å². The molecule has 0 heterocycles. The molecule has 0 saturated heterocycles. The van der Waals surface area contributed by atoms with Crippen LogP contribution in [-0.2, 0) is 4.79 Å². The molecule has 0 spiro atoms. The number of rotatable bonds is 25. The number of carbonyl (C=O) groups excluding carboxylic acids is 1. The number of amides is 1. The Balaban J connectivity index is 3.38. The van der Waals surface area contributed by atoms with Gasteiger partial charge >= 0.3 is 0 Å². The molecule has 0 fully saturated rings. The van der Waals surface area contributed by atoms with Crippen LogP contribution < -0.4 is 11.1 Å². The highest BCUT2D eigenvalue weighted by Crippen LogP contribution is 2.14. The van der Waals surface area contributed by atoms with Gasteiger partial charge in [0.2, 0.25) is 5.91 Å². The van der Waals surface area contributed by atoms with Gasteiger partial charge in [-0.3, -0.25) is 4.79 Å². The van der Waals surface area contributed by atoms with E-state index in [4.69, 9.17) is 5.73 Å². The van der Waals surface area contributed by atoms with Gasteiger partial charge in [-0.25, -0.2) is 0 Å². The topological polar surface area (TPSA) is 75.3 Å². The highest BCUT2D eigenvalue weighted by atomic mass is 16.3. The van der Waals surface area contributed by atoms with Crippen molar-refractivity contribution in [1.29, 1.82) is 0 Å². The Bertz CT molecular complexity index is 390. The predicted octanol–water partition coefficient (Wildman–Crippen LogP) is 7.41. The van der Waals surface area contributed by atoms with E-state index in [0.717, 1.165) is 64.3 Å². The summed E-state index contributed by atoms with van der Waals surface area (Å²) in [7, 11) is 0.